The number of morpholine rings is 1. The van der Waals surface area contributed by atoms with Gasteiger partial charge < -0.3 is 19.4 Å². The zero-order valence-electron chi connectivity index (χ0n) is 15.8. The summed E-state index contributed by atoms with van der Waals surface area (Å²) in [7, 11) is 0. The van der Waals surface area contributed by atoms with Gasteiger partial charge in [-0.15, -0.1) is 0 Å². The average molecular weight is 363 g/mol. The first kappa shape index (κ1) is 18.9. The number of aryl methyl sites for hydroxylation is 2. The van der Waals surface area contributed by atoms with Crippen LogP contribution >= 0.6 is 0 Å². The molecule has 0 spiro atoms. The average Bonchev–Trinajstić information content (AvgIpc) is 3.00. The van der Waals surface area contributed by atoms with Gasteiger partial charge in [-0.2, -0.15) is 0 Å². The van der Waals surface area contributed by atoms with Crippen molar-refractivity contribution in [2.45, 2.75) is 39.2 Å². The number of amides is 2. The highest BCUT2D eigenvalue weighted by atomic mass is 16.5. The first-order valence-electron chi connectivity index (χ1n) is 9.52. The Hall–Kier alpha value is -1.86. The van der Waals surface area contributed by atoms with Crippen molar-refractivity contribution in [3.63, 3.8) is 0 Å². The van der Waals surface area contributed by atoms with E-state index in [2.05, 4.69) is 10.2 Å². The molecule has 1 aromatic heterocycles. The summed E-state index contributed by atoms with van der Waals surface area (Å²) in [6.07, 6.45) is 2.61. The van der Waals surface area contributed by atoms with Crippen LogP contribution in [0.5, 0.6) is 0 Å². The number of hydrogen-bond donors (Lipinski definition) is 1. The fourth-order valence-electron chi connectivity index (χ4n) is 3.72. The number of ether oxygens (including phenoxy) is 1. The second-order valence-electron chi connectivity index (χ2n) is 7.08. The number of carbonyl (C=O) groups excluding carboxylic acids is 2. The van der Waals surface area contributed by atoms with E-state index in [0.29, 0.717) is 30.8 Å². The maximum Gasteiger partial charge on any atom is 0.258 e. The highest BCUT2D eigenvalue weighted by Gasteiger charge is 2.33. The van der Waals surface area contributed by atoms with E-state index in [4.69, 9.17) is 9.15 Å². The van der Waals surface area contributed by atoms with Gasteiger partial charge in [0, 0.05) is 32.7 Å². The molecule has 7 nitrogen and oxygen atoms in total. The Bertz CT molecular complexity index is 637. The fourth-order valence-corrected chi connectivity index (χ4v) is 3.72. The number of nitrogens with one attached hydrogen (secondary N) is 1. The van der Waals surface area contributed by atoms with E-state index in [-0.39, 0.29) is 11.8 Å². The molecule has 144 valence electrons. The Morgan fingerprint density at radius 2 is 1.96 bits per heavy atom. The lowest BCUT2D eigenvalue weighted by molar-refractivity contribution is -0.126. The summed E-state index contributed by atoms with van der Waals surface area (Å²) in [5.41, 5.74) is 0.565. The molecule has 0 saturated carbocycles. The summed E-state index contributed by atoms with van der Waals surface area (Å²) >= 11 is 0. The van der Waals surface area contributed by atoms with E-state index >= 15 is 0 Å². The van der Waals surface area contributed by atoms with Crippen LogP contribution in [0.4, 0.5) is 0 Å². The smallest absolute Gasteiger partial charge is 0.258 e. The molecule has 1 aromatic rings. The molecule has 3 rings (SSSR count). The molecule has 0 aliphatic carbocycles. The SMILES string of the molecule is Cc1cc(C(=O)N2CCCC[C@H]2C(=O)NCCN2CCOCC2)c(C)o1. The molecule has 2 saturated heterocycles. The highest BCUT2D eigenvalue weighted by molar-refractivity contribution is 5.98. The fraction of sp³-hybridized carbons (Fsp3) is 0.684. The summed E-state index contributed by atoms with van der Waals surface area (Å²) in [6, 6.07) is 1.37. The lowest BCUT2D eigenvalue weighted by Crippen LogP contribution is -2.53. The summed E-state index contributed by atoms with van der Waals surface area (Å²) in [5.74, 6) is 1.18. The Balaban J connectivity index is 1.58. The molecule has 7 heteroatoms. The maximum absolute atomic E-state index is 12.9. The van der Waals surface area contributed by atoms with Crippen LogP contribution in [-0.4, -0.2) is 73.6 Å². The molecule has 2 aliphatic heterocycles. The van der Waals surface area contributed by atoms with Crippen LogP contribution in [0.25, 0.3) is 0 Å². The lowest BCUT2D eigenvalue weighted by Gasteiger charge is -2.35. The molecule has 3 heterocycles. The van der Waals surface area contributed by atoms with Gasteiger partial charge in [0.2, 0.25) is 5.91 Å². The minimum absolute atomic E-state index is 0.0517. The van der Waals surface area contributed by atoms with Crippen molar-refractivity contribution >= 4 is 11.8 Å². The van der Waals surface area contributed by atoms with Crippen molar-refractivity contribution in [2.75, 3.05) is 45.9 Å². The number of rotatable bonds is 5. The molecular formula is C19H29N3O4. The largest absolute Gasteiger partial charge is 0.466 e. The van der Waals surface area contributed by atoms with Gasteiger partial charge in [-0.05, 0) is 39.2 Å². The molecule has 0 bridgehead atoms. The van der Waals surface area contributed by atoms with E-state index in [1.807, 2.05) is 6.92 Å². The van der Waals surface area contributed by atoms with Crippen molar-refractivity contribution in [2.24, 2.45) is 0 Å². The first-order chi connectivity index (χ1) is 12.6. The number of nitrogens with zero attached hydrogens (tertiary/aromatic N) is 2. The van der Waals surface area contributed by atoms with Gasteiger partial charge in [0.1, 0.15) is 17.6 Å². The van der Waals surface area contributed by atoms with Crippen LogP contribution in [0.2, 0.25) is 0 Å². The van der Waals surface area contributed by atoms with E-state index in [1.165, 1.54) is 0 Å². The van der Waals surface area contributed by atoms with Gasteiger partial charge in [-0.25, -0.2) is 0 Å². The van der Waals surface area contributed by atoms with E-state index in [0.717, 1.165) is 51.4 Å². The van der Waals surface area contributed by atoms with Crippen LogP contribution in [0.15, 0.2) is 10.5 Å². The van der Waals surface area contributed by atoms with Crippen LogP contribution in [0.1, 0.15) is 41.1 Å². The third kappa shape index (κ3) is 4.45. The van der Waals surface area contributed by atoms with Gasteiger partial charge in [-0.3, -0.25) is 14.5 Å². The van der Waals surface area contributed by atoms with Gasteiger partial charge in [-0.1, -0.05) is 0 Å². The highest BCUT2D eigenvalue weighted by Crippen LogP contribution is 2.23. The minimum atomic E-state index is -0.393. The zero-order valence-corrected chi connectivity index (χ0v) is 15.8. The quantitative estimate of drug-likeness (QED) is 0.854. The molecule has 26 heavy (non-hydrogen) atoms. The lowest BCUT2D eigenvalue weighted by atomic mass is 10.00. The number of carbonyl (C=O) groups is 2. The number of likely N-dealkylation sites (tertiary alicyclic amines) is 1. The van der Waals surface area contributed by atoms with Crippen LogP contribution in [-0.2, 0) is 9.53 Å². The predicted octanol–water partition coefficient (Wildman–Crippen LogP) is 1.34. The second-order valence-corrected chi connectivity index (χ2v) is 7.08. The molecule has 1 N–H and O–H groups in total. The maximum atomic E-state index is 12.9. The van der Waals surface area contributed by atoms with E-state index in [9.17, 15) is 9.59 Å². The molecule has 2 amide bonds. The number of furan rings is 1. The zero-order chi connectivity index (χ0) is 18.5. The number of hydrogen-bond acceptors (Lipinski definition) is 5. The van der Waals surface area contributed by atoms with Crippen molar-refractivity contribution in [1.82, 2.24) is 15.1 Å². The second kappa shape index (κ2) is 8.68. The van der Waals surface area contributed by atoms with Crippen molar-refractivity contribution in [3.05, 3.63) is 23.2 Å². The van der Waals surface area contributed by atoms with Crippen molar-refractivity contribution < 1.29 is 18.7 Å². The monoisotopic (exact) mass is 363 g/mol. The standard InChI is InChI=1S/C19H29N3O4/c1-14-13-16(15(2)26-14)19(24)22-7-4-3-5-17(22)18(23)20-6-8-21-9-11-25-12-10-21/h13,17H,3-12H2,1-2H3,(H,20,23)/t17-/m0/s1. The molecule has 0 radical (unpaired) electrons. The van der Waals surface area contributed by atoms with Crippen molar-refractivity contribution in [3.8, 4) is 0 Å². The van der Waals surface area contributed by atoms with Gasteiger partial charge in [0.25, 0.3) is 5.91 Å². The Morgan fingerprint density at radius 1 is 1.19 bits per heavy atom. The Kier molecular flexibility index (Phi) is 6.32. The third-order valence-electron chi connectivity index (χ3n) is 5.17. The van der Waals surface area contributed by atoms with Gasteiger partial charge in [0.15, 0.2) is 0 Å². The normalized spacial score (nSPS) is 21.6. The van der Waals surface area contributed by atoms with Crippen LogP contribution in [0.3, 0.4) is 0 Å². The molecular weight excluding hydrogens is 334 g/mol. The topological polar surface area (TPSA) is 75.0 Å². The third-order valence-corrected chi connectivity index (χ3v) is 5.17. The van der Waals surface area contributed by atoms with Gasteiger partial charge in [0.05, 0.1) is 18.8 Å². The summed E-state index contributed by atoms with van der Waals surface area (Å²) in [5, 5.41) is 3.02. The Morgan fingerprint density at radius 3 is 2.65 bits per heavy atom. The molecule has 1 atom stereocenters. The van der Waals surface area contributed by atoms with Gasteiger partial charge >= 0.3 is 0 Å². The van der Waals surface area contributed by atoms with E-state index < -0.39 is 6.04 Å². The summed E-state index contributed by atoms with van der Waals surface area (Å²) < 4.78 is 10.8. The summed E-state index contributed by atoms with van der Waals surface area (Å²) in [4.78, 5) is 29.6. The minimum Gasteiger partial charge on any atom is -0.466 e. The molecule has 2 aliphatic rings. The molecule has 0 aromatic carbocycles. The van der Waals surface area contributed by atoms with E-state index in [1.54, 1.807) is 17.9 Å². The molecule has 0 unspecified atom stereocenters. The predicted molar refractivity (Wildman–Crippen MR) is 97.1 cm³/mol. The first-order valence-corrected chi connectivity index (χ1v) is 9.52. The van der Waals surface area contributed by atoms with Crippen molar-refractivity contribution in [1.29, 1.82) is 0 Å². The van der Waals surface area contributed by atoms with Crippen LogP contribution in [0, 0.1) is 13.8 Å². The summed E-state index contributed by atoms with van der Waals surface area (Å²) in [6.45, 7) is 8.97. The Labute approximate surface area is 154 Å². The van der Waals surface area contributed by atoms with Crippen LogP contribution < -0.4 is 5.32 Å². The molecule has 2 fully saturated rings. The number of piperidine rings is 1.